The normalized spacial score (nSPS) is 13.3. The molecule has 0 bridgehead atoms. The molecule has 0 aliphatic heterocycles. The Labute approximate surface area is 82.0 Å². The van der Waals surface area contributed by atoms with Gasteiger partial charge in [0, 0.05) is 5.88 Å². The molecule has 0 saturated heterocycles. The molecule has 0 heterocycles. The fourth-order valence-electron chi connectivity index (χ4n) is 1.31. The number of allylic oxidation sites excluding steroid dienone is 1. The van der Waals surface area contributed by atoms with Gasteiger partial charge >= 0.3 is 0 Å². The molecule has 0 aromatic heterocycles. The largest absolute Gasteiger partial charge is 0.126 e. The van der Waals surface area contributed by atoms with Gasteiger partial charge in [-0.3, -0.25) is 0 Å². The summed E-state index contributed by atoms with van der Waals surface area (Å²) in [5, 5.41) is 0. The fourth-order valence-corrected chi connectivity index (χ4v) is 1.59. The molecule has 72 valence electrons. The topological polar surface area (TPSA) is 0 Å². The molecule has 0 amide bonds. The van der Waals surface area contributed by atoms with Crippen LogP contribution in [0.25, 0.3) is 0 Å². The van der Waals surface area contributed by atoms with Gasteiger partial charge in [-0.15, -0.1) is 18.2 Å². The molecular formula is C11H21Cl. The molecule has 0 fully saturated rings. The van der Waals surface area contributed by atoms with Gasteiger partial charge in [-0.05, 0) is 24.7 Å². The summed E-state index contributed by atoms with van der Waals surface area (Å²) in [6.07, 6.45) is 6.94. The summed E-state index contributed by atoms with van der Waals surface area (Å²) in [5.41, 5.74) is 0. The Bertz CT molecular complexity index is 108. The van der Waals surface area contributed by atoms with Crippen molar-refractivity contribution < 1.29 is 0 Å². The van der Waals surface area contributed by atoms with Gasteiger partial charge < -0.3 is 0 Å². The van der Waals surface area contributed by atoms with Crippen LogP contribution in [0.1, 0.15) is 39.5 Å². The molecule has 0 N–H and O–H groups in total. The van der Waals surface area contributed by atoms with Crippen LogP contribution in [0.2, 0.25) is 0 Å². The summed E-state index contributed by atoms with van der Waals surface area (Å²) in [5.74, 6) is 2.26. The third-order valence-corrected chi connectivity index (χ3v) is 2.55. The lowest BCUT2D eigenvalue weighted by Gasteiger charge is -2.11. The summed E-state index contributed by atoms with van der Waals surface area (Å²) in [4.78, 5) is 0. The zero-order valence-electron chi connectivity index (χ0n) is 8.35. The lowest BCUT2D eigenvalue weighted by atomic mass is 9.97. The number of halogens is 1. The monoisotopic (exact) mass is 188 g/mol. The smallest absolute Gasteiger partial charge is 0.0254 e. The summed E-state index contributed by atoms with van der Waals surface area (Å²) >= 11 is 5.81. The van der Waals surface area contributed by atoms with Crippen molar-refractivity contribution in [1.29, 1.82) is 0 Å². The minimum Gasteiger partial charge on any atom is -0.126 e. The average Bonchev–Trinajstić information content (AvgIpc) is 2.02. The predicted molar refractivity (Wildman–Crippen MR) is 57.7 cm³/mol. The van der Waals surface area contributed by atoms with Crippen LogP contribution < -0.4 is 0 Å². The van der Waals surface area contributed by atoms with E-state index < -0.39 is 0 Å². The molecule has 0 aromatic carbocycles. The van der Waals surface area contributed by atoms with E-state index in [1.165, 1.54) is 19.3 Å². The van der Waals surface area contributed by atoms with Gasteiger partial charge in [0.05, 0.1) is 0 Å². The van der Waals surface area contributed by atoms with Gasteiger partial charge in [0.15, 0.2) is 0 Å². The third-order valence-electron chi connectivity index (χ3n) is 2.11. The first-order chi connectivity index (χ1) is 5.70. The summed E-state index contributed by atoms with van der Waals surface area (Å²) < 4.78 is 0. The van der Waals surface area contributed by atoms with Crippen LogP contribution in [-0.2, 0) is 0 Å². The molecule has 0 aliphatic rings. The van der Waals surface area contributed by atoms with E-state index in [1.54, 1.807) is 0 Å². The van der Waals surface area contributed by atoms with E-state index in [-0.39, 0.29) is 0 Å². The Morgan fingerprint density at radius 2 is 2.00 bits per heavy atom. The number of hydrogen-bond donors (Lipinski definition) is 0. The molecule has 0 rings (SSSR count). The fraction of sp³-hybridized carbons (Fsp3) is 0.818. The molecule has 1 unspecified atom stereocenters. The second-order valence-corrected chi connectivity index (χ2v) is 4.18. The Hall–Kier alpha value is 0.0300. The van der Waals surface area contributed by atoms with Crippen LogP contribution >= 0.6 is 11.6 Å². The van der Waals surface area contributed by atoms with E-state index in [2.05, 4.69) is 20.4 Å². The third kappa shape index (κ3) is 6.72. The SMILES string of the molecule is C=CCC(CCl)CCCC(C)C. The van der Waals surface area contributed by atoms with Crippen LogP contribution in [0, 0.1) is 11.8 Å². The summed E-state index contributed by atoms with van der Waals surface area (Å²) in [6.45, 7) is 8.27. The Morgan fingerprint density at radius 3 is 2.42 bits per heavy atom. The van der Waals surface area contributed by atoms with Crippen molar-refractivity contribution in [1.82, 2.24) is 0 Å². The van der Waals surface area contributed by atoms with E-state index in [9.17, 15) is 0 Å². The van der Waals surface area contributed by atoms with Gasteiger partial charge in [-0.25, -0.2) is 0 Å². The maximum absolute atomic E-state index is 5.81. The minimum absolute atomic E-state index is 0.655. The maximum atomic E-state index is 5.81. The van der Waals surface area contributed by atoms with Crippen LogP contribution in [0.15, 0.2) is 12.7 Å². The van der Waals surface area contributed by atoms with Crippen LogP contribution in [0.5, 0.6) is 0 Å². The Kier molecular flexibility index (Phi) is 7.69. The number of rotatable bonds is 7. The van der Waals surface area contributed by atoms with Crippen LogP contribution in [0.4, 0.5) is 0 Å². The molecule has 0 spiro atoms. The second kappa shape index (κ2) is 7.67. The Balaban J connectivity index is 3.37. The molecular weight excluding hydrogens is 168 g/mol. The highest BCUT2D eigenvalue weighted by Crippen LogP contribution is 2.17. The predicted octanol–water partition coefficient (Wildman–Crippen LogP) is 4.24. The van der Waals surface area contributed by atoms with E-state index >= 15 is 0 Å². The molecule has 0 aliphatic carbocycles. The molecule has 1 atom stereocenters. The molecule has 0 radical (unpaired) electrons. The zero-order chi connectivity index (χ0) is 9.40. The van der Waals surface area contributed by atoms with Crippen molar-refractivity contribution in [3.63, 3.8) is 0 Å². The number of alkyl halides is 1. The van der Waals surface area contributed by atoms with Crippen molar-refractivity contribution in [2.45, 2.75) is 39.5 Å². The lowest BCUT2D eigenvalue weighted by Crippen LogP contribution is -2.01. The quantitative estimate of drug-likeness (QED) is 0.414. The van der Waals surface area contributed by atoms with Crippen molar-refractivity contribution in [2.24, 2.45) is 11.8 Å². The highest BCUT2D eigenvalue weighted by molar-refractivity contribution is 6.18. The van der Waals surface area contributed by atoms with E-state index in [0.29, 0.717) is 5.92 Å². The van der Waals surface area contributed by atoms with Crippen molar-refractivity contribution in [3.8, 4) is 0 Å². The first-order valence-corrected chi connectivity index (χ1v) is 5.41. The zero-order valence-corrected chi connectivity index (χ0v) is 9.11. The molecule has 0 saturated carbocycles. The summed E-state index contributed by atoms with van der Waals surface area (Å²) in [7, 11) is 0. The Morgan fingerprint density at radius 1 is 1.33 bits per heavy atom. The molecule has 1 heteroatoms. The summed E-state index contributed by atoms with van der Waals surface area (Å²) in [6, 6.07) is 0. The highest BCUT2D eigenvalue weighted by Gasteiger charge is 2.05. The first kappa shape index (κ1) is 12.0. The lowest BCUT2D eigenvalue weighted by molar-refractivity contribution is 0.464. The number of hydrogen-bond acceptors (Lipinski definition) is 0. The van der Waals surface area contributed by atoms with Crippen molar-refractivity contribution in [3.05, 3.63) is 12.7 Å². The molecule has 0 nitrogen and oxygen atoms in total. The van der Waals surface area contributed by atoms with Gasteiger partial charge in [0.2, 0.25) is 0 Å². The van der Waals surface area contributed by atoms with Gasteiger partial charge in [0.25, 0.3) is 0 Å². The van der Waals surface area contributed by atoms with Gasteiger partial charge in [0.1, 0.15) is 0 Å². The second-order valence-electron chi connectivity index (χ2n) is 3.87. The van der Waals surface area contributed by atoms with Crippen LogP contribution in [-0.4, -0.2) is 5.88 Å². The maximum Gasteiger partial charge on any atom is 0.0254 e. The van der Waals surface area contributed by atoms with Crippen LogP contribution in [0.3, 0.4) is 0 Å². The van der Waals surface area contributed by atoms with Gasteiger partial charge in [-0.2, -0.15) is 0 Å². The average molecular weight is 189 g/mol. The van der Waals surface area contributed by atoms with Crippen molar-refractivity contribution in [2.75, 3.05) is 5.88 Å². The first-order valence-electron chi connectivity index (χ1n) is 4.87. The van der Waals surface area contributed by atoms with E-state index in [0.717, 1.165) is 18.2 Å². The minimum atomic E-state index is 0.655. The van der Waals surface area contributed by atoms with Crippen molar-refractivity contribution >= 4 is 11.6 Å². The molecule has 12 heavy (non-hydrogen) atoms. The standard InChI is InChI=1S/C11H21Cl/c1-4-6-11(9-12)8-5-7-10(2)3/h4,10-11H,1,5-9H2,2-3H3. The highest BCUT2D eigenvalue weighted by atomic mass is 35.5. The van der Waals surface area contributed by atoms with Gasteiger partial charge in [-0.1, -0.05) is 32.8 Å². The van der Waals surface area contributed by atoms with E-state index in [4.69, 9.17) is 11.6 Å². The molecule has 0 aromatic rings. The van der Waals surface area contributed by atoms with E-state index in [1.807, 2.05) is 6.08 Å².